The van der Waals surface area contributed by atoms with Crippen LogP contribution in [0, 0.1) is 0 Å². The van der Waals surface area contributed by atoms with Crippen molar-refractivity contribution in [3.63, 3.8) is 0 Å². The van der Waals surface area contributed by atoms with Crippen LogP contribution < -0.4 is 0 Å². The fourth-order valence-corrected chi connectivity index (χ4v) is 4.26. The molecule has 112 valence electrons. The number of hydrogen-bond donors (Lipinski definition) is 2. The Morgan fingerprint density at radius 1 is 1.35 bits per heavy atom. The molecule has 8 heteroatoms. The molecule has 0 atom stereocenters. The van der Waals surface area contributed by atoms with Gasteiger partial charge in [-0.3, -0.25) is 0 Å². The average Bonchev–Trinajstić information content (AvgIpc) is 2.37. The fraction of sp³-hybridized carbons (Fsp3) is 0.417. The van der Waals surface area contributed by atoms with E-state index in [0.29, 0.717) is 6.42 Å². The van der Waals surface area contributed by atoms with Gasteiger partial charge in [0.25, 0.3) is 0 Å². The van der Waals surface area contributed by atoms with Gasteiger partial charge in [-0.2, -0.15) is 4.31 Å². The van der Waals surface area contributed by atoms with E-state index in [1.54, 1.807) is 0 Å². The van der Waals surface area contributed by atoms with E-state index in [2.05, 4.69) is 15.9 Å². The molecular weight excluding hydrogens is 350 g/mol. The standard InChI is InChI=1S/C12H16BrNO5S/c1-2-5-14(6-7-15)20(18,19)11-4-3-9(12(16)17)8-10(11)13/h3-4,8,15H,2,5-7H2,1H3,(H,16,17). The van der Waals surface area contributed by atoms with E-state index in [4.69, 9.17) is 10.2 Å². The Kier molecular flexibility index (Phi) is 6.12. The Morgan fingerprint density at radius 2 is 2.00 bits per heavy atom. The van der Waals surface area contributed by atoms with E-state index in [0.717, 1.165) is 0 Å². The zero-order valence-corrected chi connectivity index (χ0v) is 13.3. The molecule has 1 rings (SSSR count). The molecule has 0 saturated carbocycles. The molecule has 1 aromatic carbocycles. The minimum absolute atomic E-state index is 0.0000229. The second kappa shape index (κ2) is 7.16. The lowest BCUT2D eigenvalue weighted by Gasteiger charge is -2.21. The van der Waals surface area contributed by atoms with Gasteiger partial charge in [-0.15, -0.1) is 0 Å². The first-order valence-corrected chi connectivity index (χ1v) is 8.21. The number of rotatable bonds is 7. The summed E-state index contributed by atoms with van der Waals surface area (Å²) >= 11 is 3.09. The Balaban J connectivity index is 3.23. The Labute approximate surface area is 126 Å². The highest BCUT2D eigenvalue weighted by Gasteiger charge is 2.26. The molecule has 0 aliphatic carbocycles. The first-order chi connectivity index (χ1) is 9.34. The maximum atomic E-state index is 12.5. The molecule has 6 nitrogen and oxygen atoms in total. The summed E-state index contributed by atoms with van der Waals surface area (Å²) in [6.07, 6.45) is 0.615. The van der Waals surface area contributed by atoms with Crippen LogP contribution in [0.5, 0.6) is 0 Å². The predicted molar refractivity (Wildman–Crippen MR) is 77.2 cm³/mol. The van der Waals surface area contributed by atoms with Crippen LogP contribution in [0.3, 0.4) is 0 Å². The van der Waals surface area contributed by atoms with Crippen molar-refractivity contribution in [2.75, 3.05) is 19.7 Å². The Morgan fingerprint density at radius 3 is 2.45 bits per heavy atom. The van der Waals surface area contributed by atoms with Crippen molar-refractivity contribution in [2.24, 2.45) is 0 Å². The second-order valence-corrected chi connectivity index (χ2v) is 6.84. The summed E-state index contributed by atoms with van der Waals surface area (Å²) in [5, 5.41) is 17.8. The molecule has 2 N–H and O–H groups in total. The van der Waals surface area contributed by atoms with Gasteiger partial charge in [0.1, 0.15) is 0 Å². The third kappa shape index (κ3) is 3.78. The molecule has 0 heterocycles. The maximum Gasteiger partial charge on any atom is 0.335 e. The van der Waals surface area contributed by atoms with Gasteiger partial charge in [-0.1, -0.05) is 6.92 Å². The van der Waals surface area contributed by atoms with Crippen LogP contribution in [0.4, 0.5) is 0 Å². The third-order valence-corrected chi connectivity index (χ3v) is 5.49. The van der Waals surface area contributed by atoms with Crippen LogP contribution in [-0.2, 0) is 10.0 Å². The molecule has 0 radical (unpaired) electrons. The van der Waals surface area contributed by atoms with Gasteiger partial charge >= 0.3 is 5.97 Å². The van der Waals surface area contributed by atoms with Gasteiger partial charge in [0.05, 0.1) is 17.1 Å². The summed E-state index contributed by atoms with van der Waals surface area (Å²) < 4.78 is 26.3. The van der Waals surface area contributed by atoms with Crippen molar-refractivity contribution in [3.05, 3.63) is 28.2 Å². The molecule has 0 bridgehead atoms. The lowest BCUT2D eigenvalue weighted by atomic mass is 10.2. The lowest BCUT2D eigenvalue weighted by Crippen LogP contribution is -2.34. The highest BCUT2D eigenvalue weighted by molar-refractivity contribution is 9.10. The van der Waals surface area contributed by atoms with Crippen LogP contribution >= 0.6 is 15.9 Å². The van der Waals surface area contributed by atoms with Gasteiger partial charge in [0.15, 0.2) is 0 Å². The SMILES string of the molecule is CCCN(CCO)S(=O)(=O)c1ccc(C(=O)O)cc1Br. The van der Waals surface area contributed by atoms with E-state index in [-0.39, 0.29) is 34.6 Å². The number of carboxylic acids is 1. The lowest BCUT2D eigenvalue weighted by molar-refractivity contribution is 0.0696. The predicted octanol–water partition coefficient (Wildman–Crippen LogP) is 1.54. The molecule has 0 amide bonds. The van der Waals surface area contributed by atoms with E-state index >= 15 is 0 Å². The van der Waals surface area contributed by atoms with Gasteiger partial charge in [-0.05, 0) is 40.5 Å². The van der Waals surface area contributed by atoms with Crippen LogP contribution in [0.2, 0.25) is 0 Å². The van der Waals surface area contributed by atoms with E-state index in [1.807, 2.05) is 6.92 Å². The number of sulfonamides is 1. The smallest absolute Gasteiger partial charge is 0.335 e. The quantitative estimate of drug-likeness (QED) is 0.763. The van der Waals surface area contributed by atoms with Crippen LogP contribution in [0.15, 0.2) is 27.6 Å². The molecule has 0 aliphatic heterocycles. The maximum absolute atomic E-state index is 12.5. The summed E-state index contributed by atoms with van der Waals surface area (Å²) in [4.78, 5) is 10.8. The topological polar surface area (TPSA) is 94.9 Å². The summed E-state index contributed by atoms with van der Waals surface area (Å²) in [5.74, 6) is -1.13. The minimum atomic E-state index is -3.76. The van der Waals surface area contributed by atoms with Gasteiger partial charge in [-0.25, -0.2) is 13.2 Å². The number of nitrogens with zero attached hydrogens (tertiary/aromatic N) is 1. The van der Waals surface area contributed by atoms with Crippen LogP contribution in [0.1, 0.15) is 23.7 Å². The van der Waals surface area contributed by atoms with Crippen molar-refractivity contribution in [1.29, 1.82) is 0 Å². The summed E-state index contributed by atoms with van der Waals surface area (Å²) in [5.41, 5.74) is 0.0000229. The summed E-state index contributed by atoms with van der Waals surface area (Å²) in [6, 6.07) is 3.74. The zero-order chi connectivity index (χ0) is 15.3. The zero-order valence-electron chi connectivity index (χ0n) is 10.9. The van der Waals surface area contributed by atoms with E-state index in [9.17, 15) is 13.2 Å². The summed E-state index contributed by atoms with van der Waals surface area (Å²) in [6.45, 7) is 1.85. The third-order valence-electron chi connectivity index (χ3n) is 2.62. The summed E-state index contributed by atoms with van der Waals surface area (Å²) in [7, 11) is -3.76. The van der Waals surface area contributed by atoms with Crippen molar-refractivity contribution < 1.29 is 23.4 Å². The monoisotopic (exact) mass is 365 g/mol. The van der Waals surface area contributed by atoms with Crippen molar-refractivity contribution >= 4 is 31.9 Å². The number of aromatic carboxylic acids is 1. The van der Waals surface area contributed by atoms with E-state index in [1.165, 1.54) is 22.5 Å². The molecule has 20 heavy (non-hydrogen) atoms. The van der Waals surface area contributed by atoms with Gasteiger partial charge in [0, 0.05) is 17.6 Å². The highest BCUT2D eigenvalue weighted by atomic mass is 79.9. The van der Waals surface area contributed by atoms with Gasteiger partial charge < -0.3 is 10.2 Å². The number of benzene rings is 1. The molecule has 1 aromatic rings. The van der Waals surface area contributed by atoms with Crippen LogP contribution in [-0.4, -0.2) is 48.6 Å². The molecule has 0 fully saturated rings. The highest BCUT2D eigenvalue weighted by Crippen LogP contribution is 2.26. The van der Waals surface area contributed by atoms with E-state index < -0.39 is 16.0 Å². The van der Waals surface area contributed by atoms with Gasteiger partial charge in [0.2, 0.25) is 10.0 Å². The number of hydrogen-bond acceptors (Lipinski definition) is 4. The van der Waals surface area contributed by atoms with Crippen LogP contribution in [0.25, 0.3) is 0 Å². The Hall–Kier alpha value is -0.960. The molecular formula is C12H16BrNO5S. The molecule has 0 saturated heterocycles. The molecule has 0 aromatic heterocycles. The number of carbonyl (C=O) groups is 1. The number of carboxylic acid groups (broad SMARTS) is 1. The number of aliphatic hydroxyl groups is 1. The Bertz CT molecular complexity index is 582. The first kappa shape index (κ1) is 17.1. The van der Waals surface area contributed by atoms with Crippen molar-refractivity contribution in [2.45, 2.75) is 18.2 Å². The normalized spacial score (nSPS) is 11.8. The number of halogens is 1. The minimum Gasteiger partial charge on any atom is -0.478 e. The molecule has 0 unspecified atom stereocenters. The fourth-order valence-electron chi connectivity index (χ4n) is 1.70. The second-order valence-electron chi connectivity index (χ2n) is 4.08. The number of aliphatic hydroxyl groups excluding tert-OH is 1. The average molecular weight is 366 g/mol. The molecule has 0 spiro atoms. The van der Waals surface area contributed by atoms with Crippen molar-refractivity contribution in [3.8, 4) is 0 Å². The largest absolute Gasteiger partial charge is 0.478 e. The molecule has 0 aliphatic rings. The first-order valence-electron chi connectivity index (χ1n) is 5.98. The van der Waals surface area contributed by atoms with Crippen molar-refractivity contribution in [1.82, 2.24) is 4.31 Å².